The monoisotopic (exact) mass is 253 g/mol. The van der Waals surface area contributed by atoms with Gasteiger partial charge in [-0.05, 0) is 27.5 Å². The fourth-order valence-corrected chi connectivity index (χ4v) is 2.10. The number of hydrogen-bond donors (Lipinski definition) is 1. The summed E-state index contributed by atoms with van der Waals surface area (Å²) in [5, 5.41) is 28.1. The summed E-state index contributed by atoms with van der Waals surface area (Å²) >= 11 is 0. The summed E-state index contributed by atoms with van der Waals surface area (Å²) in [7, 11) is 0. The first kappa shape index (κ1) is 10.0. The van der Waals surface area contributed by atoms with Gasteiger partial charge in [-0.25, -0.2) is 4.63 Å². The van der Waals surface area contributed by atoms with E-state index in [0.29, 0.717) is 17.0 Å². The lowest BCUT2D eigenvalue weighted by Gasteiger charge is -2.07. The highest BCUT2D eigenvalue weighted by atomic mass is 16.6. The Morgan fingerprint density at radius 1 is 1.11 bits per heavy atom. The van der Waals surface area contributed by atoms with E-state index in [4.69, 9.17) is 0 Å². The number of H-pyrrole nitrogens is 1. The van der Waals surface area contributed by atoms with Gasteiger partial charge in [0.1, 0.15) is 0 Å². The molecule has 2 heterocycles. The molecule has 0 radical (unpaired) electrons. The summed E-state index contributed by atoms with van der Waals surface area (Å²) < 4.78 is 4.53. The molecule has 0 fully saturated rings. The van der Waals surface area contributed by atoms with Crippen molar-refractivity contribution in [1.29, 1.82) is 0 Å². The second-order valence-electron chi connectivity index (χ2n) is 4.09. The van der Waals surface area contributed by atoms with Crippen molar-refractivity contribution < 1.29 is 14.5 Å². The van der Waals surface area contributed by atoms with E-state index in [9.17, 15) is 5.11 Å². The van der Waals surface area contributed by atoms with Crippen molar-refractivity contribution in [3.05, 3.63) is 36.4 Å². The van der Waals surface area contributed by atoms with E-state index in [2.05, 4.69) is 25.1 Å². The summed E-state index contributed by atoms with van der Waals surface area (Å²) in [5.41, 5.74) is 1.16. The van der Waals surface area contributed by atoms with Crippen molar-refractivity contribution >= 4 is 22.1 Å². The number of nitrogens with one attached hydrogen (secondary N) is 1. The van der Waals surface area contributed by atoms with Crippen LogP contribution in [0.1, 0.15) is 0 Å². The SMILES string of the molecule is [O-]c1ccc2ccccc2c1-[n+]1nc2nonc2[nH]1. The molecule has 0 atom stereocenters. The van der Waals surface area contributed by atoms with Gasteiger partial charge in [-0.2, -0.15) is 0 Å². The van der Waals surface area contributed by atoms with Crippen molar-refractivity contribution in [3.63, 3.8) is 0 Å². The first-order valence-corrected chi connectivity index (χ1v) is 5.63. The minimum Gasteiger partial charge on any atom is -0.868 e. The molecule has 0 aliphatic carbocycles. The third-order valence-corrected chi connectivity index (χ3v) is 2.95. The number of benzene rings is 2. The molecule has 19 heavy (non-hydrogen) atoms. The highest BCUT2D eigenvalue weighted by Crippen LogP contribution is 2.24. The van der Waals surface area contributed by atoms with Crippen LogP contribution in [0.4, 0.5) is 0 Å². The minimum atomic E-state index is -0.128. The summed E-state index contributed by atoms with van der Waals surface area (Å²) in [6.45, 7) is 0. The third-order valence-electron chi connectivity index (χ3n) is 2.95. The second-order valence-corrected chi connectivity index (χ2v) is 4.09. The van der Waals surface area contributed by atoms with Gasteiger partial charge in [0.25, 0.3) is 11.3 Å². The average molecular weight is 253 g/mol. The molecule has 0 saturated carbocycles. The topological polar surface area (TPSA) is 94.5 Å². The van der Waals surface area contributed by atoms with Crippen LogP contribution >= 0.6 is 0 Å². The lowest BCUT2D eigenvalue weighted by molar-refractivity contribution is -0.712. The van der Waals surface area contributed by atoms with E-state index in [1.165, 1.54) is 10.9 Å². The predicted octanol–water partition coefficient (Wildman–Crippen LogP) is 0.449. The quantitative estimate of drug-likeness (QED) is 0.497. The summed E-state index contributed by atoms with van der Waals surface area (Å²) in [5.74, 6) is -0.128. The molecule has 2 aromatic carbocycles. The van der Waals surface area contributed by atoms with Gasteiger partial charge in [-0.1, -0.05) is 30.3 Å². The molecule has 0 bridgehead atoms. The van der Waals surface area contributed by atoms with E-state index in [1.54, 1.807) is 6.07 Å². The number of hydrogen-bond acceptors (Lipinski definition) is 5. The van der Waals surface area contributed by atoms with Crippen LogP contribution in [0.2, 0.25) is 0 Å². The second kappa shape index (κ2) is 3.52. The maximum atomic E-state index is 12.1. The fraction of sp³-hybridized carbons (Fsp3) is 0. The molecule has 0 spiro atoms. The fourth-order valence-electron chi connectivity index (χ4n) is 2.10. The van der Waals surface area contributed by atoms with Crippen LogP contribution < -0.4 is 9.90 Å². The van der Waals surface area contributed by atoms with Gasteiger partial charge in [-0.3, -0.25) is 0 Å². The molecule has 92 valence electrons. The maximum absolute atomic E-state index is 12.1. The van der Waals surface area contributed by atoms with Crippen LogP contribution in [0.5, 0.6) is 5.75 Å². The Bertz CT molecular complexity index is 867. The van der Waals surface area contributed by atoms with Crippen LogP contribution in [-0.2, 0) is 0 Å². The molecule has 0 aliphatic heterocycles. The van der Waals surface area contributed by atoms with Gasteiger partial charge >= 0.3 is 5.65 Å². The van der Waals surface area contributed by atoms with Gasteiger partial charge in [-0.15, -0.1) is 5.10 Å². The van der Waals surface area contributed by atoms with Gasteiger partial charge in [0, 0.05) is 4.80 Å². The lowest BCUT2D eigenvalue weighted by Crippen LogP contribution is -2.37. The number of fused-ring (bicyclic) bond motifs is 2. The van der Waals surface area contributed by atoms with Crippen LogP contribution in [0.25, 0.3) is 27.8 Å². The van der Waals surface area contributed by atoms with Crippen molar-refractivity contribution in [2.75, 3.05) is 0 Å². The van der Waals surface area contributed by atoms with Crippen molar-refractivity contribution in [2.45, 2.75) is 0 Å². The number of aromatic amines is 1. The molecule has 0 saturated heterocycles. The first-order valence-electron chi connectivity index (χ1n) is 5.63. The van der Waals surface area contributed by atoms with Gasteiger partial charge < -0.3 is 5.11 Å². The number of rotatable bonds is 1. The molecule has 0 aliphatic rings. The van der Waals surface area contributed by atoms with Crippen molar-refractivity contribution in [3.8, 4) is 11.4 Å². The molecule has 7 nitrogen and oxygen atoms in total. The number of aromatic nitrogens is 5. The minimum absolute atomic E-state index is 0.128. The Morgan fingerprint density at radius 2 is 2.00 bits per heavy atom. The largest absolute Gasteiger partial charge is 0.868 e. The molecule has 2 aromatic heterocycles. The summed E-state index contributed by atoms with van der Waals surface area (Å²) in [6.07, 6.45) is 0. The normalized spacial score (nSPS) is 11.4. The molecular weight excluding hydrogens is 246 g/mol. The Labute approximate surface area is 106 Å². The van der Waals surface area contributed by atoms with Gasteiger partial charge in [0.05, 0.1) is 10.5 Å². The zero-order chi connectivity index (χ0) is 12.8. The summed E-state index contributed by atoms with van der Waals surface area (Å²) in [6, 6.07) is 10.9. The molecule has 4 rings (SSSR count). The zero-order valence-corrected chi connectivity index (χ0v) is 9.57. The first-order chi connectivity index (χ1) is 9.33. The molecule has 0 amide bonds. The molecule has 7 heteroatoms. The Balaban J connectivity index is 2.09. The molecular formula is C12H7N5O2. The lowest BCUT2D eigenvalue weighted by atomic mass is 10.1. The predicted molar refractivity (Wildman–Crippen MR) is 62.4 cm³/mol. The highest BCUT2D eigenvalue weighted by molar-refractivity contribution is 5.90. The standard InChI is InChI=1S/C12H7N5O2/c18-9-6-5-7-3-1-2-4-8(7)10(9)17-13-11-12(14-17)16-19-15-11/h1-6H,(H-,13,14,15,16,18). The van der Waals surface area contributed by atoms with Crippen molar-refractivity contribution in [1.82, 2.24) is 20.5 Å². The van der Waals surface area contributed by atoms with Crippen molar-refractivity contribution in [2.24, 2.45) is 0 Å². The smallest absolute Gasteiger partial charge is 0.314 e. The van der Waals surface area contributed by atoms with E-state index in [1.807, 2.05) is 24.3 Å². The zero-order valence-electron chi connectivity index (χ0n) is 9.57. The molecule has 0 unspecified atom stereocenters. The van der Waals surface area contributed by atoms with Crippen LogP contribution in [0, 0.1) is 0 Å². The van der Waals surface area contributed by atoms with E-state index < -0.39 is 0 Å². The van der Waals surface area contributed by atoms with Gasteiger partial charge in [0.2, 0.25) is 0 Å². The number of nitrogens with zero attached hydrogens (tertiary/aromatic N) is 4. The Hall–Kier alpha value is -2.96. The van der Waals surface area contributed by atoms with E-state index in [-0.39, 0.29) is 5.75 Å². The average Bonchev–Trinajstić information content (AvgIpc) is 2.99. The molecule has 1 N–H and O–H groups in total. The van der Waals surface area contributed by atoms with Crippen LogP contribution in [0.3, 0.4) is 0 Å². The molecule has 4 aromatic rings. The van der Waals surface area contributed by atoms with Crippen LogP contribution in [0.15, 0.2) is 41.0 Å². The highest BCUT2D eigenvalue weighted by Gasteiger charge is 2.20. The Morgan fingerprint density at radius 3 is 2.89 bits per heavy atom. The van der Waals surface area contributed by atoms with Crippen LogP contribution in [-0.4, -0.2) is 20.5 Å². The van der Waals surface area contributed by atoms with E-state index >= 15 is 0 Å². The van der Waals surface area contributed by atoms with E-state index in [0.717, 1.165) is 10.8 Å². The summed E-state index contributed by atoms with van der Waals surface area (Å²) in [4.78, 5) is 1.38. The third kappa shape index (κ3) is 1.38. The van der Waals surface area contributed by atoms with Gasteiger partial charge in [0.15, 0.2) is 0 Å². The maximum Gasteiger partial charge on any atom is 0.314 e. The Kier molecular flexibility index (Phi) is 1.85.